The summed E-state index contributed by atoms with van der Waals surface area (Å²) in [6.45, 7) is 2.39. The van der Waals surface area contributed by atoms with Gasteiger partial charge in [0.05, 0.1) is 4.92 Å². The van der Waals surface area contributed by atoms with Crippen LogP contribution in [0.4, 0.5) is 20.6 Å². The molecule has 6 nitrogen and oxygen atoms in total. The molecule has 2 amide bonds. The molecule has 0 aliphatic carbocycles. The summed E-state index contributed by atoms with van der Waals surface area (Å²) in [4.78, 5) is 24.0. The zero-order valence-electron chi connectivity index (χ0n) is 12.8. The molecule has 24 heavy (non-hydrogen) atoms. The van der Waals surface area contributed by atoms with E-state index < -0.39 is 11.0 Å². The van der Waals surface area contributed by atoms with Gasteiger partial charge in [-0.2, -0.15) is 0 Å². The molecular weight excluding hydrogens is 337 g/mol. The normalized spacial score (nSPS) is 10.3. The molecule has 0 radical (unpaired) electrons. The highest BCUT2D eigenvalue weighted by Crippen LogP contribution is 2.27. The number of nitro groups is 1. The molecule has 0 aliphatic heterocycles. The van der Waals surface area contributed by atoms with Crippen LogP contribution in [-0.4, -0.2) is 22.4 Å². The summed E-state index contributed by atoms with van der Waals surface area (Å²) in [7, 11) is 0. The molecule has 1 N–H and O–H groups in total. The van der Waals surface area contributed by atoms with E-state index in [1.807, 2.05) is 0 Å². The highest BCUT2D eigenvalue weighted by atomic mass is 35.5. The minimum atomic E-state index is -0.623. The lowest BCUT2D eigenvalue weighted by molar-refractivity contribution is -0.384. The SMILES string of the molecule is CCN(Cc1cccc(F)c1)C(=O)Nc1ccc(Cl)c([N+](=O)[O-])c1. The Morgan fingerprint density at radius 1 is 1.33 bits per heavy atom. The van der Waals surface area contributed by atoms with E-state index in [4.69, 9.17) is 11.6 Å². The van der Waals surface area contributed by atoms with Gasteiger partial charge in [-0.05, 0) is 36.8 Å². The average Bonchev–Trinajstić information content (AvgIpc) is 2.54. The Labute approximate surface area is 143 Å². The number of hydrogen-bond donors (Lipinski definition) is 1. The fourth-order valence-corrected chi connectivity index (χ4v) is 2.30. The average molecular weight is 352 g/mol. The van der Waals surface area contributed by atoms with Gasteiger partial charge in [-0.1, -0.05) is 23.7 Å². The first-order valence-electron chi connectivity index (χ1n) is 7.15. The molecule has 0 fully saturated rings. The molecular formula is C16H15ClFN3O3. The number of halogens is 2. The molecule has 0 heterocycles. The first kappa shape index (κ1) is 17.7. The molecule has 0 bridgehead atoms. The summed E-state index contributed by atoms with van der Waals surface area (Å²) in [5, 5.41) is 13.5. The van der Waals surface area contributed by atoms with Crippen LogP contribution >= 0.6 is 11.6 Å². The van der Waals surface area contributed by atoms with Crippen molar-refractivity contribution in [2.75, 3.05) is 11.9 Å². The molecule has 0 unspecified atom stereocenters. The molecule has 2 aromatic rings. The van der Waals surface area contributed by atoms with Crippen molar-refractivity contribution in [1.29, 1.82) is 0 Å². The summed E-state index contributed by atoms with van der Waals surface area (Å²) in [6, 6.07) is 9.52. The predicted octanol–water partition coefficient (Wildman–Crippen LogP) is 4.44. The standard InChI is InChI=1S/C16H15ClFN3O3/c1-2-20(10-11-4-3-5-12(18)8-11)16(22)19-13-6-7-14(17)15(9-13)21(23)24/h3-9H,2,10H2,1H3,(H,19,22). The third-order valence-electron chi connectivity index (χ3n) is 3.33. The van der Waals surface area contributed by atoms with Gasteiger partial charge >= 0.3 is 6.03 Å². The predicted molar refractivity (Wildman–Crippen MR) is 89.6 cm³/mol. The van der Waals surface area contributed by atoms with Crippen LogP contribution < -0.4 is 5.32 Å². The largest absolute Gasteiger partial charge is 0.322 e. The van der Waals surface area contributed by atoms with Crippen LogP contribution in [0.1, 0.15) is 12.5 Å². The van der Waals surface area contributed by atoms with Gasteiger partial charge in [0.2, 0.25) is 0 Å². The zero-order chi connectivity index (χ0) is 17.7. The Morgan fingerprint density at radius 2 is 2.08 bits per heavy atom. The molecule has 126 valence electrons. The van der Waals surface area contributed by atoms with Crippen molar-refractivity contribution in [2.24, 2.45) is 0 Å². The second kappa shape index (κ2) is 7.74. The number of nitrogens with zero attached hydrogens (tertiary/aromatic N) is 2. The monoisotopic (exact) mass is 351 g/mol. The summed E-state index contributed by atoms with van der Waals surface area (Å²) in [6.07, 6.45) is 0. The van der Waals surface area contributed by atoms with Gasteiger partial charge in [-0.3, -0.25) is 10.1 Å². The van der Waals surface area contributed by atoms with E-state index in [2.05, 4.69) is 5.32 Å². The molecule has 2 aromatic carbocycles. The number of benzene rings is 2. The van der Waals surface area contributed by atoms with Crippen LogP contribution in [-0.2, 0) is 6.54 Å². The van der Waals surface area contributed by atoms with Gasteiger partial charge in [-0.25, -0.2) is 9.18 Å². The maximum atomic E-state index is 13.2. The number of nitro benzene ring substituents is 1. The second-order valence-corrected chi connectivity index (χ2v) is 5.40. The third kappa shape index (κ3) is 4.42. The van der Waals surface area contributed by atoms with Crippen LogP contribution in [0, 0.1) is 15.9 Å². The van der Waals surface area contributed by atoms with Crippen LogP contribution in [0.15, 0.2) is 42.5 Å². The van der Waals surface area contributed by atoms with Gasteiger partial charge in [0.1, 0.15) is 10.8 Å². The Balaban J connectivity index is 2.12. The summed E-state index contributed by atoms with van der Waals surface area (Å²) in [5.74, 6) is -0.378. The molecule has 0 saturated carbocycles. The molecule has 0 saturated heterocycles. The smallest absolute Gasteiger partial charge is 0.320 e. The van der Waals surface area contributed by atoms with Gasteiger partial charge in [0, 0.05) is 24.8 Å². The van der Waals surface area contributed by atoms with E-state index in [1.165, 1.54) is 35.2 Å². The van der Waals surface area contributed by atoms with E-state index in [0.717, 1.165) is 0 Å². The van der Waals surface area contributed by atoms with Crippen molar-refractivity contribution in [2.45, 2.75) is 13.5 Å². The van der Waals surface area contributed by atoms with Gasteiger partial charge in [-0.15, -0.1) is 0 Å². The Bertz CT molecular complexity index is 770. The number of carbonyl (C=O) groups is 1. The van der Waals surface area contributed by atoms with E-state index >= 15 is 0 Å². The fraction of sp³-hybridized carbons (Fsp3) is 0.188. The topological polar surface area (TPSA) is 75.5 Å². The van der Waals surface area contributed by atoms with Crippen LogP contribution in [0.3, 0.4) is 0 Å². The fourth-order valence-electron chi connectivity index (χ4n) is 2.12. The molecule has 0 aromatic heterocycles. The summed E-state index contributed by atoms with van der Waals surface area (Å²) < 4.78 is 13.2. The van der Waals surface area contributed by atoms with E-state index in [-0.39, 0.29) is 28.8 Å². The molecule has 0 atom stereocenters. The lowest BCUT2D eigenvalue weighted by atomic mass is 10.2. The minimum Gasteiger partial charge on any atom is -0.320 e. The highest BCUT2D eigenvalue weighted by Gasteiger charge is 2.16. The third-order valence-corrected chi connectivity index (χ3v) is 3.65. The van der Waals surface area contributed by atoms with E-state index in [9.17, 15) is 19.3 Å². The van der Waals surface area contributed by atoms with Crippen LogP contribution in [0.2, 0.25) is 5.02 Å². The summed E-state index contributed by atoms with van der Waals surface area (Å²) >= 11 is 5.74. The maximum absolute atomic E-state index is 13.2. The van der Waals surface area contributed by atoms with Crippen LogP contribution in [0.25, 0.3) is 0 Å². The number of hydrogen-bond acceptors (Lipinski definition) is 3. The Kier molecular flexibility index (Phi) is 5.70. The minimum absolute atomic E-state index is 0.00916. The lowest BCUT2D eigenvalue weighted by Gasteiger charge is -2.21. The quantitative estimate of drug-likeness (QED) is 0.639. The first-order chi connectivity index (χ1) is 11.4. The van der Waals surface area contributed by atoms with E-state index in [1.54, 1.807) is 19.1 Å². The van der Waals surface area contributed by atoms with Gasteiger partial charge < -0.3 is 10.2 Å². The van der Waals surface area contributed by atoms with Gasteiger partial charge in [0.15, 0.2) is 0 Å². The highest BCUT2D eigenvalue weighted by molar-refractivity contribution is 6.32. The Hall–Kier alpha value is -2.67. The molecule has 0 aliphatic rings. The van der Waals surface area contributed by atoms with Crippen molar-refractivity contribution in [1.82, 2.24) is 4.90 Å². The number of rotatable bonds is 5. The first-order valence-corrected chi connectivity index (χ1v) is 7.52. The molecule has 2 rings (SSSR count). The van der Waals surface area contributed by atoms with Gasteiger partial charge in [0.25, 0.3) is 5.69 Å². The number of amides is 2. The molecule has 0 spiro atoms. The second-order valence-electron chi connectivity index (χ2n) is 5.00. The number of anilines is 1. The maximum Gasteiger partial charge on any atom is 0.322 e. The van der Waals surface area contributed by atoms with E-state index in [0.29, 0.717) is 12.1 Å². The lowest BCUT2D eigenvalue weighted by Crippen LogP contribution is -2.34. The van der Waals surface area contributed by atoms with Crippen LogP contribution in [0.5, 0.6) is 0 Å². The zero-order valence-corrected chi connectivity index (χ0v) is 13.6. The van der Waals surface area contributed by atoms with Crippen molar-refractivity contribution in [3.8, 4) is 0 Å². The number of urea groups is 1. The van der Waals surface area contributed by atoms with Crippen molar-refractivity contribution in [3.63, 3.8) is 0 Å². The molecule has 8 heteroatoms. The summed E-state index contributed by atoms with van der Waals surface area (Å²) in [5.41, 5.74) is 0.616. The number of nitrogens with one attached hydrogen (secondary N) is 1. The van der Waals surface area contributed by atoms with Crippen molar-refractivity contribution < 1.29 is 14.1 Å². The number of carbonyl (C=O) groups excluding carboxylic acids is 1. The van der Waals surface area contributed by atoms with Crippen molar-refractivity contribution in [3.05, 3.63) is 69.0 Å². The van der Waals surface area contributed by atoms with Crippen molar-refractivity contribution >= 4 is 29.0 Å². The Morgan fingerprint density at radius 3 is 2.71 bits per heavy atom.